The Morgan fingerprint density at radius 2 is 1.34 bits per heavy atom. The van der Waals surface area contributed by atoms with Gasteiger partial charge in [0.1, 0.15) is 0 Å². The molecule has 0 spiro atoms. The molecular weight excluding hydrogens is 551 g/mol. The second kappa shape index (κ2) is 8.25. The van der Waals surface area contributed by atoms with Gasteiger partial charge in [-0.1, -0.05) is 115 Å². The lowest BCUT2D eigenvalue weighted by atomic mass is 9.44. The van der Waals surface area contributed by atoms with E-state index in [-0.39, 0.29) is 6.85 Å². The van der Waals surface area contributed by atoms with Crippen molar-refractivity contribution in [2.24, 2.45) is 0 Å². The quantitative estimate of drug-likeness (QED) is 0.181. The second-order valence-corrected chi connectivity index (χ2v) is 13.2. The van der Waals surface area contributed by atoms with Gasteiger partial charge in [0.2, 0.25) is 0 Å². The van der Waals surface area contributed by atoms with E-state index >= 15 is 0 Å². The van der Waals surface area contributed by atoms with Crippen LogP contribution in [0.25, 0.3) is 60.5 Å². The number of hydrogen-bond acceptors (Lipinski definition) is 2. The van der Waals surface area contributed by atoms with E-state index in [1.54, 1.807) is 0 Å². The first-order chi connectivity index (χ1) is 21.8. The van der Waals surface area contributed by atoms with E-state index < -0.39 is 0 Å². The summed E-state index contributed by atoms with van der Waals surface area (Å²) >= 11 is 1.90. The maximum Gasteiger partial charge on any atom is 0.333 e. The summed E-state index contributed by atoms with van der Waals surface area (Å²) in [5.41, 5.74) is 14.4. The zero-order valence-corrected chi connectivity index (χ0v) is 24.5. The van der Waals surface area contributed by atoms with Gasteiger partial charge in [-0.15, -0.1) is 0 Å². The van der Waals surface area contributed by atoms with Crippen molar-refractivity contribution in [2.75, 3.05) is 4.81 Å². The monoisotopic (exact) mass is 574 g/mol. The Balaban J connectivity index is 1.37. The fourth-order valence-corrected chi connectivity index (χ4v) is 9.31. The van der Waals surface area contributed by atoms with Gasteiger partial charge in [0.25, 0.3) is 0 Å². The summed E-state index contributed by atoms with van der Waals surface area (Å²) in [6.07, 6.45) is 0. The summed E-state index contributed by atoms with van der Waals surface area (Å²) in [7, 11) is 0. The van der Waals surface area contributed by atoms with Crippen LogP contribution in [0.15, 0.2) is 149 Å². The summed E-state index contributed by atoms with van der Waals surface area (Å²) in [4.78, 5) is 5.29. The lowest BCUT2D eigenvalue weighted by molar-refractivity contribution is 1.17. The van der Waals surface area contributed by atoms with Crippen LogP contribution in [-0.4, -0.2) is 11.4 Å². The third-order valence-corrected chi connectivity index (χ3v) is 11.0. The number of anilines is 2. The molecule has 3 aliphatic rings. The zero-order chi connectivity index (χ0) is 28.5. The highest BCUT2D eigenvalue weighted by Gasteiger charge is 2.46. The summed E-state index contributed by atoms with van der Waals surface area (Å²) in [5, 5.41) is 5.25. The molecule has 0 N–H and O–H groups in total. The van der Waals surface area contributed by atoms with Gasteiger partial charge in [0.05, 0.1) is 16.7 Å². The van der Waals surface area contributed by atoms with E-state index in [4.69, 9.17) is 0 Å². The first-order valence-electron chi connectivity index (χ1n) is 15.2. The van der Waals surface area contributed by atoms with E-state index in [0.29, 0.717) is 0 Å². The first kappa shape index (κ1) is 23.3. The van der Waals surface area contributed by atoms with Gasteiger partial charge < -0.3 is 9.38 Å². The van der Waals surface area contributed by atoms with Crippen molar-refractivity contribution in [3.05, 3.63) is 140 Å². The van der Waals surface area contributed by atoms with E-state index in [0.717, 1.165) is 0 Å². The molecule has 0 fully saturated rings. The number of aromatic nitrogens is 1. The van der Waals surface area contributed by atoms with Gasteiger partial charge in [0, 0.05) is 37.5 Å². The topological polar surface area (TPSA) is 8.17 Å². The van der Waals surface area contributed by atoms with Crippen molar-refractivity contribution in [1.82, 2.24) is 4.57 Å². The number of fused-ring (bicyclic) bond motifs is 11. The van der Waals surface area contributed by atoms with Gasteiger partial charge >= 0.3 is 6.85 Å². The minimum atomic E-state index is 0.0623. The minimum Gasteiger partial charge on any atom is -0.374 e. The summed E-state index contributed by atoms with van der Waals surface area (Å²) in [6, 6.07) is 52.0. The average molecular weight is 575 g/mol. The summed E-state index contributed by atoms with van der Waals surface area (Å²) in [5.74, 6) is 0. The zero-order valence-electron chi connectivity index (χ0n) is 23.7. The van der Waals surface area contributed by atoms with Gasteiger partial charge in [0.15, 0.2) is 0 Å². The van der Waals surface area contributed by atoms with Gasteiger partial charge in [-0.2, -0.15) is 0 Å². The SMILES string of the molecule is c1ccc(-c2cc3c4c(c2)-n2c5ccc6ccccc6c5c5cccc(c52)B4N2c4ccccc4Sc4cccc-3c42)cc1. The molecule has 0 aliphatic carbocycles. The van der Waals surface area contributed by atoms with Crippen molar-refractivity contribution in [1.29, 1.82) is 0 Å². The van der Waals surface area contributed by atoms with Crippen LogP contribution < -0.4 is 15.7 Å². The number of benzene rings is 7. The van der Waals surface area contributed by atoms with Crippen molar-refractivity contribution < 1.29 is 0 Å². The maximum absolute atomic E-state index is 2.65. The molecular formula is C40H23BN2S. The highest BCUT2D eigenvalue weighted by molar-refractivity contribution is 7.99. The summed E-state index contributed by atoms with van der Waals surface area (Å²) in [6.45, 7) is 0.0623. The van der Waals surface area contributed by atoms with E-state index in [1.165, 1.54) is 92.6 Å². The van der Waals surface area contributed by atoms with E-state index in [1.807, 2.05) is 11.8 Å². The smallest absolute Gasteiger partial charge is 0.333 e. The number of nitrogens with zero attached hydrogens (tertiary/aromatic N) is 2. The third kappa shape index (κ3) is 2.80. The molecule has 1 aromatic heterocycles. The fourth-order valence-electron chi connectivity index (χ4n) is 8.21. The molecule has 44 heavy (non-hydrogen) atoms. The Hall–Kier alpha value is -5.19. The van der Waals surface area contributed by atoms with Crippen molar-refractivity contribution in [3.8, 4) is 27.9 Å². The van der Waals surface area contributed by atoms with Crippen LogP contribution in [0.4, 0.5) is 11.4 Å². The fraction of sp³-hybridized carbons (Fsp3) is 0. The molecule has 202 valence electrons. The van der Waals surface area contributed by atoms with Crippen molar-refractivity contribution in [3.63, 3.8) is 0 Å². The van der Waals surface area contributed by atoms with Crippen LogP contribution in [0.2, 0.25) is 0 Å². The second-order valence-electron chi connectivity index (χ2n) is 12.1. The predicted molar refractivity (Wildman–Crippen MR) is 187 cm³/mol. The van der Waals surface area contributed by atoms with Gasteiger partial charge in [-0.25, -0.2) is 0 Å². The van der Waals surface area contributed by atoms with E-state index in [9.17, 15) is 0 Å². The van der Waals surface area contributed by atoms with E-state index in [2.05, 4.69) is 149 Å². The molecule has 0 saturated heterocycles. The summed E-state index contributed by atoms with van der Waals surface area (Å²) < 4.78 is 2.58. The molecule has 4 heteroatoms. The lowest BCUT2D eigenvalue weighted by Crippen LogP contribution is -2.61. The Bertz CT molecular complexity index is 2550. The Labute approximate surface area is 259 Å². The van der Waals surface area contributed by atoms with Gasteiger partial charge in [-0.3, -0.25) is 0 Å². The molecule has 3 aliphatic heterocycles. The first-order valence-corrected chi connectivity index (χ1v) is 16.0. The van der Waals surface area contributed by atoms with Crippen LogP contribution in [0.3, 0.4) is 0 Å². The lowest BCUT2D eigenvalue weighted by Gasteiger charge is -2.45. The van der Waals surface area contributed by atoms with Crippen LogP contribution in [0, 0.1) is 0 Å². The molecule has 0 amide bonds. The predicted octanol–water partition coefficient (Wildman–Crippen LogP) is 9.31. The molecule has 4 heterocycles. The molecule has 0 saturated carbocycles. The molecule has 7 aromatic carbocycles. The molecule has 0 radical (unpaired) electrons. The molecule has 2 nitrogen and oxygen atoms in total. The average Bonchev–Trinajstić information content (AvgIpc) is 3.44. The third-order valence-electron chi connectivity index (χ3n) is 9.92. The highest BCUT2D eigenvalue weighted by Crippen LogP contribution is 2.55. The van der Waals surface area contributed by atoms with Crippen LogP contribution >= 0.6 is 11.8 Å². The number of hydrogen-bond donors (Lipinski definition) is 0. The van der Waals surface area contributed by atoms with Crippen molar-refractivity contribution in [2.45, 2.75) is 9.79 Å². The molecule has 8 aromatic rings. The molecule has 0 atom stereocenters. The number of rotatable bonds is 1. The van der Waals surface area contributed by atoms with Gasteiger partial charge in [-0.05, 0) is 74.8 Å². The number of para-hydroxylation sites is 3. The van der Waals surface area contributed by atoms with Crippen molar-refractivity contribution >= 4 is 73.5 Å². The molecule has 11 rings (SSSR count). The van der Waals surface area contributed by atoms with Crippen LogP contribution in [0.1, 0.15) is 0 Å². The molecule has 0 bridgehead atoms. The largest absolute Gasteiger partial charge is 0.374 e. The Kier molecular flexibility index (Phi) is 4.37. The highest BCUT2D eigenvalue weighted by atomic mass is 32.2. The van der Waals surface area contributed by atoms with Crippen LogP contribution in [-0.2, 0) is 0 Å². The maximum atomic E-state index is 2.65. The Morgan fingerprint density at radius 3 is 2.30 bits per heavy atom. The minimum absolute atomic E-state index is 0.0623. The normalized spacial score (nSPS) is 13.7. The Morgan fingerprint density at radius 1 is 0.545 bits per heavy atom. The standard InChI is InChI=1S/C40H23BN2S/c1-2-10-24(11-3-1)26-22-30-28-14-9-19-36-40(28)43(32-17-6-7-18-35(32)44-36)41-31-16-8-15-29-37-27-13-5-4-12-25(27)20-21-33(37)42(39(29)31)34(23-26)38(30)41/h1-23H. The van der Waals surface area contributed by atoms with Crippen LogP contribution in [0.5, 0.6) is 0 Å². The molecule has 0 unspecified atom stereocenters.